The Kier molecular flexibility index (Phi) is 4.90. The van der Waals surface area contributed by atoms with Gasteiger partial charge in [-0.3, -0.25) is 0 Å². The van der Waals surface area contributed by atoms with E-state index in [-0.39, 0.29) is 6.09 Å². The van der Waals surface area contributed by atoms with Crippen LogP contribution in [-0.2, 0) is 3.07 Å². The van der Waals surface area contributed by atoms with Gasteiger partial charge in [-0.25, -0.2) is 4.79 Å². The number of nitrogens with zero attached hydrogens (tertiary/aromatic N) is 2. The van der Waals surface area contributed by atoms with Crippen LogP contribution in [0.5, 0.6) is 0 Å². The van der Waals surface area contributed by atoms with E-state index in [1.54, 1.807) is 27.9 Å². The first-order valence-electron chi connectivity index (χ1n) is 6.52. The topological polar surface area (TPSA) is 32.8 Å². The second kappa shape index (κ2) is 6.22. The molecule has 0 aromatic rings. The summed E-state index contributed by atoms with van der Waals surface area (Å²) in [5.74, 6) is 1.60. The minimum absolute atomic E-state index is 0.188. The van der Waals surface area contributed by atoms with Crippen molar-refractivity contribution in [3.05, 3.63) is 0 Å². The van der Waals surface area contributed by atoms with Crippen molar-refractivity contribution >= 4 is 29.1 Å². The Hall–Kier alpha value is -0.0400. The van der Waals surface area contributed by atoms with Crippen molar-refractivity contribution in [3.8, 4) is 0 Å². The molecule has 1 amide bonds. The lowest BCUT2D eigenvalue weighted by Crippen LogP contribution is -2.54. The van der Waals surface area contributed by atoms with Crippen molar-refractivity contribution in [1.29, 1.82) is 0 Å². The molecular formula is C12H21IN2O2. The van der Waals surface area contributed by atoms with Crippen LogP contribution in [0.4, 0.5) is 4.79 Å². The van der Waals surface area contributed by atoms with Crippen LogP contribution in [0, 0.1) is 11.8 Å². The predicted octanol–water partition coefficient (Wildman–Crippen LogP) is 2.53. The lowest BCUT2D eigenvalue weighted by Gasteiger charge is -2.42. The number of hydrogen-bond acceptors (Lipinski definition) is 3. The molecule has 17 heavy (non-hydrogen) atoms. The fourth-order valence-electron chi connectivity index (χ4n) is 2.83. The second-order valence-corrected chi connectivity index (χ2v) is 5.71. The van der Waals surface area contributed by atoms with Gasteiger partial charge in [-0.05, 0) is 31.8 Å². The molecule has 0 spiro atoms. The second-order valence-electron chi connectivity index (χ2n) is 5.27. The summed E-state index contributed by atoms with van der Waals surface area (Å²) in [6.07, 6.45) is 3.84. The van der Waals surface area contributed by atoms with E-state index in [9.17, 15) is 4.79 Å². The third-order valence-electron chi connectivity index (χ3n) is 4.08. The molecule has 0 aromatic carbocycles. The molecule has 2 rings (SSSR count). The zero-order chi connectivity index (χ0) is 12.3. The molecule has 0 unspecified atom stereocenters. The Morgan fingerprint density at radius 1 is 1.29 bits per heavy atom. The normalized spacial score (nSPS) is 23.5. The minimum Gasteiger partial charge on any atom is -0.378 e. The molecular weight excluding hydrogens is 331 g/mol. The van der Waals surface area contributed by atoms with Gasteiger partial charge in [0.15, 0.2) is 23.0 Å². The van der Waals surface area contributed by atoms with Crippen molar-refractivity contribution in [1.82, 2.24) is 9.80 Å². The van der Waals surface area contributed by atoms with Crippen LogP contribution in [0.2, 0.25) is 0 Å². The van der Waals surface area contributed by atoms with Crippen LogP contribution in [0.1, 0.15) is 26.2 Å². The smallest absolute Gasteiger partial charge is 0.378 e. The van der Waals surface area contributed by atoms with Crippen molar-refractivity contribution in [2.45, 2.75) is 26.2 Å². The van der Waals surface area contributed by atoms with Gasteiger partial charge >= 0.3 is 6.09 Å². The summed E-state index contributed by atoms with van der Waals surface area (Å²) in [5.41, 5.74) is 0. The summed E-state index contributed by atoms with van der Waals surface area (Å²) >= 11 is 1.65. The largest absolute Gasteiger partial charge is 0.419 e. The maximum atomic E-state index is 11.2. The third kappa shape index (κ3) is 3.47. The SMILES string of the molecule is CCC1CCN(CC2CN(C(=O)OI)C2)CC1. The first kappa shape index (κ1) is 13.4. The quantitative estimate of drug-likeness (QED) is 0.732. The van der Waals surface area contributed by atoms with Crippen molar-refractivity contribution in [2.75, 3.05) is 32.7 Å². The molecule has 2 heterocycles. The van der Waals surface area contributed by atoms with E-state index >= 15 is 0 Å². The van der Waals surface area contributed by atoms with Crippen LogP contribution in [-0.4, -0.2) is 48.6 Å². The van der Waals surface area contributed by atoms with Crippen LogP contribution in [0.3, 0.4) is 0 Å². The minimum atomic E-state index is -0.188. The fourth-order valence-corrected chi connectivity index (χ4v) is 3.10. The van der Waals surface area contributed by atoms with Crippen LogP contribution in [0.25, 0.3) is 0 Å². The molecule has 2 aliphatic rings. The summed E-state index contributed by atoms with van der Waals surface area (Å²) < 4.78 is 4.66. The number of likely N-dealkylation sites (tertiary alicyclic amines) is 2. The Bertz CT molecular complexity index is 261. The number of piperidine rings is 1. The molecule has 4 nitrogen and oxygen atoms in total. The molecule has 98 valence electrons. The van der Waals surface area contributed by atoms with Crippen LogP contribution >= 0.6 is 23.0 Å². The zero-order valence-corrected chi connectivity index (χ0v) is 12.6. The molecule has 0 saturated carbocycles. The Morgan fingerprint density at radius 2 is 1.94 bits per heavy atom. The number of amides is 1. The number of carbonyl (C=O) groups is 1. The highest BCUT2D eigenvalue weighted by molar-refractivity contribution is 14.1. The monoisotopic (exact) mass is 352 g/mol. The van der Waals surface area contributed by atoms with Gasteiger partial charge in [0.05, 0.1) is 0 Å². The summed E-state index contributed by atoms with van der Waals surface area (Å²) in [6, 6.07) is 0. The third-order valence-corrected chi connectivity index (χ3v) is 4.46. The highest BCUT2D eigenvalue weighted by Gasteiger charge is 2.33. The highest BCUT2D eigenvalue weighted by atomic mass is 127. The van der Waals surface area contributed by atoms with Gasteiger partial charge in [-0.15, -0.1) is 0 Å². The molecule has 0 aromatic heterocycles. The highest BCUT2D eigenvalue weighted by Crippen LogP contribution is 2.23. The number of carbonyl (C=O) groups excluding carboxylic acids is 1. The zero-order valence-electron chi connectivity index (χ0n) is 10.4. The fraction of sp³-hybridized carbons (Fsp3) is 0.917. The molecule has 0 aliphatic carbocycles. The maximum Gasteiger partial charge on any atom is 0.419 e. The summed E-state index contributed by atoms with van der Waals surface area (Å²) in [5, 5.41) is 0. The number of halogens is 1. The summed E-state index contributed by atoms with van der Waals surface area (Å²) in [4.78, 5) is 15.5. The van der Waals surface area contributed by atoms with Gasteiger partial charge in [-0.2, -0.15) is 0 Å². The molecule has 2 fully saturated rings. The van der Waals surface area contributed by atoms with Gasteiger partial charge in [0.2, 0.25) is 0 Å². The van der Waals surface area contributed by atoms with Crippen LogP contribution < -0.4 is 0 Å². The average molecular weight is 352 g/mol. The van der Waals surface area contributed by atoms with E-state index in [2.05, 4.69) is 14.9 Å². The van der Waals surface area contributed by atoms with E-state index < -0.39 is 0 Å². The number of hydrogen-bond donors (Lipinski definition) is 0. The van der Waals surface area contributed by atoms with E-state index in [0.29, 0.717) is 5.92 Å². The first-order chi connectivity index (χ1) is 8.22. The van der Waals surface area contributed by atoms with E-state index in [1.165, 1.54) is 32.4 Å². The molecule has 0 N–H and O–H groups in total. The average Bonchev–Trinajstić information content (AvgIpc) is 2.33. The van der Waals surface area contributed by atoms with E-state index in [4.69, 9.17) is 0 Å². The lowest BCUT2D eigenvalue weighted by molar-refractivity contribution is 0.0627. The van der Waals surface area contributed by atoms with Gasteiger partial charge < -0.3 is 12.9 Å². The van der Waals surface area contributed by atoms with E-state index in [0.717, 1.165) is 25.6 Å². The van der Waals surface area contributed by atoms with Crippen molar-refractivity contribution in [2.24, 2.45) is 11.8 Å². The maximum absolute atomic E-state index is 11.2. The summed E-state index contributed by atoms with van der Waals surface area (Å²) in [6.45, 7) is 7.67. The molecule has 5 heteroatoms. The van der Waals surface area contributed by atoms with Gasteiger partial charge in [0.25, 0.3) is 0 Å². The molecule has 0 radical (unpaired) electrons. The first-order valence-corrected chi connectivity index (χ1v) is 7.40. The van der Waals surface area contributed by atoms with Gasteiger partial charge in [-0.1, -0.05) is 13.3 Å². The number of rotatable bonds is 3. The Morgan fingerprint density at radius 3 is 2.47 bits per heavy atom. The Labute approximate surface area is 117 Å². The molecule has 0 bridgehead atoms. The van der Waals surface area contributed by atoms with Crippen LogP contribution in [0.15, 0.2) is 0 Å². The predicted molar refractivity (Wildman–Crippen MR) is 75.0 cm³/mol. The van der Waals surface area contributed by atoms with Crippen molar-refractivity contribution < 1.29 is 7.86 Å². The molecule has 2 saturated heterocycles. The standard InChI is InChI=1S/C12H21IN2O2/c1-2-10-3-5-14(6-4-10)7-11-8-15(9-11)12(16)17-13/h10-11H,2-9H2,1H3. The lowest BCUT2D eigenvalue weighted by atomic mass is 9.92. The van der Waals surface area contributed by atoms with E-state index in [1.807, 2.05) is 0 Å². The Balaban J connectivity index is 1.63. The molecule has 2 aliphatic heterocycles. The van der Waals surface area contributed by atoms with Gasteiger partial charge in [0.1, 0.15) is 0 Å². The van der Waals surface area contributed by atoms with Crippen molar-refractivity contribution in [3.63, 3.8) is 0 Å². The van der Waals surface area contributed by atoms with Gasteiger partial charge in [0, 0.05) is 25.6 Å². The molecule has 0 atom stereocenters. The summed E-state index contributed by atoms with van der Waals surface area (Å²) in [7, 11) is 0.